The van der Waals surface area contributed by atoms with Crippen molar-refractivity contribution in [2.75, 3.05) is 13.2 Å². The number of aliphatic hydroxyl groups is 2. The van der Waals surface area contributed by atoms with E-state index < -0.39 is 12.2 Å². The van der Waals surface area contributed by atoms with Crippen LogP contribution in [0.2, 0.25) is 10.0 Å². The molecule has 0 aliphatic carbocycles. The van der Waals surface area contributed by atoms with Gasteiger partial charge >= 0.3 is 0 Å². The monoisotopic (exact) mass is 394 g/mol. The third kappa shape index (κ3) is 2.81. The van der Waals surface area contributed by atoms with Gasteiger partial charge in [0.25, 0.3) is 0 Å². The van der Waals surface area contributed by atoms with Crippen molar-refractivity contribution in [2.24, 2.45) is 0 Å². The SMILES string of the molecule is OC[C@H]1OC[C@@H](n2c(Br)nc3cc(Cl)c(Cl)cc32)C[C@@H]1O. The molecule has 3 rings (SSSR count). The first-order valence-corrected chi connectivity index (χ1v) is 7.99. The molecule has 0 radical (unpaired) electrons. The second kappa shape index (κ2) is 6.02. The smallest absolute Gasteiger partial charge is 0.178 e. The van der Waals surface area contributed by atoms with Crippen LogP contribution in [0.1, 0.15) is 12.5 Å². The average molecular weight is 396 g/mol. The Morgan fingerprint density at radius 2 is 2.10 bits per heavy atom. The van der Waals surface area contributed by atoms with Gasteiger partial charge in [-0.05, 0) is 34.5 Å². The molecule has 2 heterocycles. The van der Waals surface area contributed by atoms with E-state index in [-0.39, 0.29) is 12.6 Å². The molecule has 1 fully saturated rings. The zero-order chi connectivity index (χ0) is 15.1. The molecule has 1 aromatic carbocycles. The lowest BCUT2D eigenvalue weighted by Crippen LogP contribution is -2.41. The largest absolute Gasteiger partial charge is 0.394 e. The Hall–Kier alpha value is -0.370. The third-order valence-corrected chi connectivity index (χ3v) is 4.96. The Kier molecular flexibility index (Phi) is 4.45. The Labute approximate surface area is 139 Å². The van der Waals surface area contributed by atoms with E-state index in [0.29, 0.717) is 27.8 Å². The number of hydrogen-bond donors (Lipinski definition) is 2. The third-order valence-electron chi connectivity index (χ3n) is 3.68. The highest BCUT2D eigenvalue weighted by Crippen LogP contribution is 2.34. The second-order valence-corrected chi connectivity index (χ2v) is 6.54. The first-order chi connectivity index (χ1) is 10.0. The minimum Gasteiger partial charge on any atom is -0.394 e. The molecule has 1 aromatic heterocycles. The summed E-state index contributed by atoms with van der Waals surface area (Å²) < 4.78 is 8.05. The number of aliphatic hydroxyl groups excluding tert-OH is 2. The zero-order valence-corrected chi connectivity index (χ0v) is 13.9. The topological polar surface area (TPSA) is 67.5 Å². The van der Waals surface area contributed by atoms with Gasteiger partial charge in [-0.3, -0.25) is 0 Å². The summed E-state index contributed by atoms with van der Waals surface area (Å²) in [6.07, 6.45) is -0.788. The van der Waals surface area contributed by atoms with Crippen molar-refractivity contribution < 1.29 is 14.9 Å². The van der Waals surface area contributed by atoms with Crippen LogP contribution >= 0.6 is 39.1 Å². The number of hydrogen-bond acceptors (Lipinski definition) is 4. The van der Waals surface area contributed by atoms with E-state index in [4.69, 9.17) is 33.0 Å². The quantitative estimate of drug-likeness (QED) is 0.820. The fraction of sp³-hybridized carbons (Fsp3) is 0.462. The van der Waals surface area contributed by atoms with Gasteiger partial charge in [-0.25, -0.2) is 4.98 Å². The second-order valence-electron chi connectivity index (χ2n) is 5.02. The van der Waals surface area contributed by atoms with Crippen molar-refractivity contribution in [1.82, 2.24) is 9.55 Å². The zero-order valence-electron chi connectivity index (χ0n) is 10.8. The maximum atomic E-state index is 10.0. The maximum absolute atomic E-state index is 10.0. The van der Waals surface area contributed by atoms with Gasteiger partial charge in [-0.2, -0.15) is 0 Å². The number of aromatic nitrogens is 2. The van der Waals surface area contributed by atoms with Gasteiger partial charge in [0.1, 0.15) is 6.10 Å². The summed E-state index contributed by atoms with van der Waals surface area (Å²) in [5, 5.41) is 20.0. The number of imidazole rings is 1. The molecule has 1 saturated heterocycles. The average Bonchev–Trinajstić information content (AvgIpc) is 2.74. The number of rotatable bonds is 2. The van der Waals surface area contributed by atoms with Crippen molar-refractivity contribution in [2.45, 2.75) is 24.7 Å². The van der Waals surface area contributed by atoms with Gasteiger partial charge in [0, 0.05) is 0 Å². The molecule has 5 nitrogen and oxygen atoms in total. The molecule has 21 heavy (non-hydrogen) atoms. The molecule has 2 N–H and O–H groups in total. The Balaban J connectivity index is 2.01. The number of ether oxygens (including phenoxy) is 1. The highest BCUT2D eigenvalue weighted by molar-refractivity contribution is 9.10. The van der Waals surface area contributed by atoms with E-state index in [2.05, 4.69) is 20.9 Å². The van der Waals surface area contributed by atoms with Gasteiger partial charge in [0.15, 0.2) is 4.73 Å². The normalized spacial score (nSPS) is 26.4. The minimum absolute atomic E-state index is 0.0978. The lowest BCUT2D eigenvalue weighted by molar-refractivity contribution is -0.112. The first-order valence-electron chi connectivity index (χ1n) is 6.44. The van der Waals surface area contributed by atoms with E-state index in [1.165, 1.54) is 0 Å². The van der Waals surface area contributed by atoms with E-state index in [9.17, 15) is 5.11 Å². The summed E-state index contributed by atoms with van der Waals surface area (Å²) in [5.41, 5.74) is 1.54. The fourth-order valence-electron chi connectivity index (χ4n) is 2.61. The first kappa shape index (κ1) is 15.5. The van der Waals surface area contributed by atoms with Crippen molar-refractivity contribution in [3.63, 3.8) is 0 Å². The van der Waals surface area contributed by atoms with Crippen LogP contribution in [0.25, 0.3) is 11.0 Å². The van der Waals surface area contributed by atoms with Crippen molar-refractivity contribution in [3.05, 3.63) is 26.9 Å². The van der Waals surface area contributed by atoms with Crippen LogP contribution in [0.5, 0.6) is 0 Å². The molecular formula is C13H13BrCl2N2O3. The van der Waals surface area contributed by atoms with Crippen molar-refractivity contribution in [3.8, 4) is 0 Å². The van der Waals surface area contributed by atoms with Crippen LogP contribution in [0.4, 0.5) is 0 Å². The molecule has 1 aliphatic rings. The summed E-state index contributed by atoms with van der Waals surface area (Å²) in [5.74, 6) is 0. The Morgan fingerprint density at radius 1 is 1.38 bits per heavy atom. The molecule has 3 atom stereocenters. The highest BCUT2D eigenvalue weighted by Gasteiger charge is 2.32. The molecular weight excluding hydrogens is 383 g/mol. The summed E-state index contributed by atoms with van der Waals surface area (Å²) in [6.45, 7) is 0.188. The van der Waals surface area contributed by atoms with Crippen molar-refractivity contribution >= 4 is 50.2 Å². The highest BCUT2D eigenvalue weighted by atomic mass is 79.9. The Morgan fingerprint density at radius 3 is 2.76 bits per heavy atom. The lowest BCUT2D eigenvalue weighted by atomic mass is 10.0. The summed E-state index contributed by atoms with van der Waals surface area (Å²) >= 11 is 15.5. The number of nitrogens with zero attached hydrogens (tertiary/aromatic N) is 2. The minimum atomic E-state index is -0.721. The van der Waals surface area contributed by atoms with Gasteiger partial charge in [-0.1, -0.05) is 23.2 Å². The van der Waals surface area contributed by atoms with Gasteiger partial charge in [0.05, 0.1) is 46.4 Å². The number of halogens is 3. The molecule has 8 heteroatoms. The van der Waals surface area contributed by atoms with Crippen LogP contribution < -0.4 is 0 Å². The molecule has 0 saturated carbocycles. The molecule has 1 aliphatic heterocycles. The number of benzene rings is 1. The van der Waals surface area contributed by atoms with E-state index in [0.717, 1.165) is 11.0 Å². The van der Waals surface area contributed by atoms with E-state index in [1.54, 1.807) is 12.1 Å². The molecule has 0 unspecified atom stereocenters. The van der Waals surface area contributed by atoms with Crippen LogP contribution in [0, 0.1) is 0 Å². The molecule has 2 aromatic rings. The lowest BCUT2D eigenvalue weighted by Gasteiger charge is -2.33. The van der Waals surface area contributed by atoms with Gasteiger partial charge in [-0.15, -0.1) is 0 Å². The summed E-state index contributed by atoms with van der Waals surface area (Å²) in [6, 6.07) is 3.36. The molecule has 0 spiro atoms. The fourth-order valence-corrected chi connectivity index (χ4v) is 3.59. The number of fused-ring (bicyclic) bond motifs is 1. The predicted molar refractivity (Wildman–Crippen MR) is 83.9 cm³/mol. The van der Waals surface area contributed by atoms with Crippen LogP contribution in [0.3, 0.4) is 0 Å². The Bertz CT molecular complexity index is 679. The van der Waals surface area contributed by atoms with Crippen LogP contribution in [-0.2, 0) is 4.74 Å². The van der Waals surface area contributed by atoms with E-state index in [1.807, 2.05) is 4.57 Å². The predicted octanol–water partition coefficient (Wildman–Crippen LogP) is 2.79. The summed E-state index contributed by atoms with van der Waals surface area (Å²) in [4.78, 5) is 4.40. The van der Waals surface area contributed by atoms with Crippen molar-refractivity contribution in [1.29, 1.82) is 0 Å². The van der Waals surface area contributed by atoms with Crippen LogP contribution in [0.15, 0.2) is 16.9 Å². The molecule has 114 valence electrons. The molecule has 0 amide bonds. The van der Waals surface area contributed by atoms with Gasteiger partial charge in [0.2, 0.25) is 0 Å². The standard InChI is InChI=1S/C13H13BrCl2N2O3/c14-13-17-9-2-7(15)8(16)3-10(9)18(13)6-1-11(20)12(4-19)21-5-6/h2-3,6,11-12,19-20H,1,4-5H2/t6-,11-,12+/m0/s1. The van der Waals surface area contributed by atoms with E-state index >= 15 is 0 Å². The van der Waals surface area contributed by atoms with Crippen LogP contribution in [-0.4, -0.2) is 45.2 Å². The van der Waals surface area contributed by atoms with Gasteiger partial charge < -0.3 is 19.5 Å². The maximum Gasteiger partial charge on any atom is 0.178 e. The molecule has 0 bridgehead atoms. The summed E-state index contributed by atoms with van der Waals surface area (Å²) in [7, 11) is 0.